The lowest BCUT2D eigenvalue weighted by molar-refractivity contribution is -0.152. The van der Waals surface area contributed by atoms with Crippen molar-refractivity contribution in [3.63, 3.8) is 0 Å². The monoisotopic (exact) mass is 768 g/mol. The molecule has 2 N–H and O–H groups in total. The van der Waals surface area contributed by atoms with E-state index in [2.05, 4.69) is 29.6 Å². The molecule has 2 saturated carbocycles. The van der Waals surface area contributed by atoms with Crippen molar-refractivity contribution in [1.82, 2.24) is 30.2 Å². The first-order chi connectivity index (χ1) is 25.8. The Hall–Kier alpha value is -3.58. The van der Waals surface area contributed by atoms with Crippen molar-refractivity contribution in [2.45, 2.75) is 78.0 Å². The van der Waals surface area contributed by atoms with E-state index in [1.807, 2.05) is 35.2 Å². The van der Waals surface area contributed by atoms with Gasteiger partial charge in [0.05, 0.1) is 36.5 Å². The third-order valence-corrected chi connectivity index (χ3v) is 13.9. The number of nitrogens with zero attached hydrogens (tertiary/aromatic N) is 4. The Morgan fingerprint density at radius 3 is 2.30 bits per heavy atom. The molecule has 2 aliphatic heterocycles. The molecule has 2 saturated heterocycles. The molecular weight excluding hydrogens is 711 g/mol. The second-order valence-corrected chi connectivity index (χ2v) is 18.9. The zero-order chi connectivity index (χ0) is 38.7. The molecule has 3 heterocycles. The van der Waals surface area contributed by atoms with E-state index < -0.39 is 37.0 Å². The lowest BCUT2D eigenvalue weighted by atomic mass is 9.70. The SMILES string of the molecule is COP(=O)(CCNC(=O)[C@@H](NC(=O)[C@@H]1CN(C(=O)c2cnn(Cc3ccccc3)c2)CC12CN(C(=O)[C@H]1CC1(C)C)C2)[C@@H](C)OCC1CCCCC1)OC. The number of ether oxygens (including phenoxy) is 1. The minimum atomic E-state index is -3.37. The van der Waals surface area contributed by atoms with Gasteiger partial charge in [-0.2, -0.15) is 5.10 Å². The Kier molecular flexibility index (Phi) is 12.4. The number of rotatable bonds is 16. The minimum absolute atomic E-state index is 0.00168. The van der Waals surface area contributed by atoms with Gasteiger partial charge in [0, 0.05) is 71.1 Å². The largest absolute Gasteiger partial charge is 0.376 e. The number of aromatic nitrogens is 2. The molecule has 4 fully saturated rings. The molecule has 0 radical (unpaired) electrons. The molecule has 296 valence electrons. The highest BCUT2D eigenvalue weighted by Gasteiger charge is 2.62. The van der Waals surface area contributed by atoms with E-state index in [0.29, 0.717) is 44.3 Å². The van der Waals surface area contributed by atoms with Crippen LogP contribution < -0.4 is 10.6 Å². The lowest BCUT2D eigenvalue weighted by Gasteiger charge is -2.50. The predicted molar refractivity (Wildman–Crippen MR) is 201 cm³/mol. The summed E-state index contributed by atoms with van der Waals surface area (Å²) in [6, 6.07) is 8.78. The second kappa shape index (κ2) is 16.6. The van der Waals surface area contributed by atoms with Crippen LogP contribution in [0, 0.1) is 28.6 Å². The molecule has 1 aromatic heterocycles. The number of carbonyl (C=O) groups excluding carboxylic acids is 4. The fourth-order valence-corrected chi connectivity index (χ4v) is 9.27. The minimum Gasteiger partial charge on any atom is -0.376 e. The van der Waals surface area contributed by atoms with Gasteiger partial charge in [-0.15, -0.1) is 0 Å². The molecule has 2 aromatic rings. The third kappa shape index (κ3) is 9.09. The zero-order valence-corrected chi connectivity index (χ0v) is 33.2. The molecule has 0 bridgehead atoms. The van der Waals surface area contributed by atoms with Gasteiger partial charge in [0.15, 0.2) is 0 Å². The highest BCUT2D eigenvalue weighted by molar-refractivity contribution is 7.53. The normalized spacial score (nSPS) is 23.1. The summed E-state index contributed by atoms with van der Waals surface area (Å²) in [4.78, 5) is 59.1. The van der Waals surface area contributed by atoms with Crippen molar-refractivity contribution in [2.24, 2.45) is 28.6 Å². The average molecular weight is 769 g/mol. The molecule has 0 unspecified atom stereocenters. The van der Waals surface area contributed by atoms with Crippen LogP contribution in [0.3, 0.4) is 0 Å². The standard InChI is InChI=1S/C39H57N6O8P/c1-27(53-23-29-14-10-7-11-15-29)33(35(47)40-16-17-54(50,51-4)52-5)42-34(46)32-22-43(24-39(32)25-44(26-39)37(49)31-18-38(31,2)3)36(48)30-19-41-45(21-30)20-28-12-8-6-9-13-28/h6,8-9,12-13,19,21,27,29,31-33H,7,10-11,14-18,20,22-26H2,1-5H3,(H,40,47)(H,42,46)/t27-,31-,32+,33+/m1/s1. The van der Waals surface area contributed by atoms with Crippen molar-refractivity contribution in [3.05, 3.63) is 53.9 Å². The van der Waals surface area contributed by atoms with Crippen molar-refractivity contribution in [3.8, 4) is 0 Å². The quantitative estimate of drug-likeness (QED) is 0.241. The number of nitrogens with one attached hydrogen (secondary N) is 2. The van der Waals surface area contributed by atoms with Crippen LogP contribution in [-0.4, -0.2) is 115 Å². The molecule has 1 aromatic carbocycles. The predicted octanol–water partition coefficient (Wildman–Crippen LogP) is 3.95. The fourth-order valence-electron chi connectivity index (χ4n) is 8.37. The maximum Gasteiger partial charge on any atom is 0.331 e. The van der Waals surface area contributed by atoms with Crippen molar-refractivity contribution >= 4 is 31.2 Å². The summed E-state index contributed by atoms with van der Waals surface area (Å²) in [5.41, 5.74) is 0.755. The van der Waals surface area contributed by atoms with Crippen molar-refractivity contribution in [1.29, 1.82) is 0 Å². The summed E-state index contributed by atoms with van der Waals surface area (Å²) in [5.74, 6) is -1.35. The number of carbonyl (C=O) groups is 4. The van der Waals surface area contributed by atoms with Gasteiger partial charge >= 0.3 is 7.60 Å². The van der Waals surface area contributed by atoms with E-state index in [4.69, 9.17) is 13.8 Å². The molecule has 54 heavy (non-hydrogen) atoms. The van der Waals surface area contributed by atoms with Gasteiger partial charge in [0.2, 0.25) is 17.7 Å². The van der Waals surface area contributed by atoms with E-state index in [9.17, 15) is 23.7 Å². The summed E-state index contributed by atoms with van der Waals surface area (Å²) in [6.07, 6.45) is 9.01. The van der Waals surface area contributed by atoms with Crippen LogP contribution in [-0.2, 0) is 39.3 Å². The van der Waals surface area contributed by atoms with Crippen LogP contribution in [0.4, 0.5) is 0 Å². The zero-order valence-electron chi connectivity index (χ0n) is 32.3. The van der Waals surface area contributed by atoms with Gasteiger partial charge in [-0.25, -0.2) is 0 Å². The number of hydrogen-bond acceptors (Lipinski definition) is 9. The molecule has 14 nitrogen and oxygen atoms in total. The summed E-state index contributed by atoms with van der Waals surface area (Å²) in [5, 5.41) is 10.2. The van der Waals surface area contributed by atoms with Gasteiger partial charge in [0.1, 0.15) is 6.04 Å². The van der Waals surface area contributed by atoms with Gasteiger partial charge < -0.3 is 34.2 Å². The second-order valence-electron chi connectivity index (χ2n) is 16.5. The summed E-state index contributed by atoms with van der Waals surface area (Å²) >= 11 is 0. The van der Waals surface area contributed by atoms with E-state index in [0.717, 1.165) is 37.7 Å². The fraction of sp³-hybridized carbons (Fsp3) is 0.667. The van der Waals surface area contributed by atoms with E-state index in [1.54, 1.807) is 28.9 Å². The molecule has 4 amide bonds. The Morgan fingerprint density at radius 1 is 0.981 bits per heavy atom. The van der Waals surface area contributed by atoms with E-state index >= 15 is 0 Å². The number of hydrogen-bond donors (Lipinski definition) is 2. The maximum absolute atomic E-state index is 14.5. The number of likely N-dealkylation sites (tertiary alicyclic amines) is 2. The van der Waals surface area contributed by atoms with Crippen LogP contribution in [0.5, 0.6) is 0 Å². The first-order valence-electron chi connectivity index (χ1n) is 19.3. The van der Waals surface area contributed by atoms with Crippen molar-refractivity contribution in [2.75, 3.05) is 59.7 Å². The third-order valence-electron chi connectivity index (χ3n) is 12.1. The van der Waals surface area contributed by atoms with Gasteiger partial charge in [0.25, 0.3) is 5.91 Å². The van der Waals surface area contributed by atoms with Crippen LogP contribution in [0.15, 0.2) is 42.7 Å². The highest BCUT2D eigenvalue weighted by Crippen LogP contribution is 2.54. The van der Waals surface area contributed by atoms with E-state index in [1.165, 1.54) is 20.6 Å². The lowest BCUT2D eigenvalue weighted by Crippen LogP contribution is -2.65. The number of benzene rings is 1. The molecule has 4 aliphatic rings. The molecule has 6 rings (SSSR count). The van der Waals surface area contributed by atoms with Crippen LogP contribution in [0.25, 0.3) is 0 Å². The molecule has 4 atom stereocenters. The smallest absolute Gasteiger partial charge is 0.331 e. The van der Waals surface area contributed by atoms with Crippen LogP contribution in [0.2, 0.25) is 0 Å². The van der Waals surface area contributed by atoms with Crippen LogP contribution >= 0.6 is 7.60 Å². The Bertz CT molecular complexity index is 1700. The average Bonchev–Trinajstić information content (AvgIpc) is 3.45. The molecular formula is C39H57N6O8P. The van der Waals surface area contributed by atoms with Crippen molar-refractivity contribution < 1.29 is 37.5 Å². The van der Waals surface area contributed by atoms with Crippen LogP contribution in [0.1, 0.15) is 75.2 Å². The van der Waals surface area contributed by atoms with E-state index in [-0.39, 0.29) is 48.3 Å². The summed E-state index contributed by atoms with van der Waals surface area (Å²) < 4.78 is 30.7. The first-order valence-corrected chi connectivity index (χ1v) is 21.0. The highest BCUT2D eigenvalue weighted by atomic mass is 31.2. The van der Waals surface area contributed by atoms with Gasteiger partial charge in [-0.05, 0) is 43.1 Å². The topological polar surface area (TPSA) is 161 Å². The Balaban J connectivity index is 1.18. The van der Waals surface area contributed by atoms with Gasteiger partial charge in [-0.1, -0.05) is 63.4 Å². The molecule has 2 aliphatic carbocycles. The van der Waals surface area contributed by atoms with Gasteiger partial charge in [-0.3, -0.25) is 28.4 Å². The summed E-state index contributed by atoms with van der Waals surface area (Å²) in [6.45, 7) is 8.05. The molecule has 15 heteroatoms. The maximum atomic E-state index is 14.5. The Morgan fingerprint density at radius 2 is 1.65 bits per heavy atom. The first kappa shape index (κ1) is 40.1. The molecule has 1 spiro atoms. The Labute approximate surface area is 318 Å². The summed E-state index contributed by atoms with van der Waals surface area (Å²) in [7, 11) is -0.792. The number of amides is 4.